The molecule has 2 heteroatoms. The van der Waals surface area contributed by atoms with Crippen molar-refractivity contribution in [1.29, 1.82) is 0 Å². The molecule has 1 spiro atoms. The van der Waals surface area contributed by atoms with Crippen LogP contribution in [-0.2, 0) is 10.8 Å². The fourth-order valence-corrected chi connectivity index (χ4v) is 15.8. The molecule has 0 N–H and O–H groups in total. The number of hydrogen-bond donors (Lipinski definition) is 0. The van der Waals surface area contributed by atoms with E-state index in [0.717, 1.165) is 33.9 Å². The molecule has 15 aromatic rings. The smallest absolute Gasteiger partial charge is 0.0726 e. The molecule has 0 amide bonds. The summed E-state index contributed by atoms with van der Waals surface area (Å²) in [7, 11) is 0. The van der Waals surface area contributed by atoms with Crippen LogP contribution in [0.5, 0.6) is 0 Å². The average Bonchev–Trinajstić information content (AvgIpc) is 1.61. The van der Waals surface area contributed by atoms with Gasteiger partial charge in [-0.15, -0.1) is 0 Å². The van der Waals surface area contributed by atoms with E-state index in [1.54, 1.807) is 0 Å². The number of nitrogens with zero attached hydrogens (tertiary/aromatic N) is 2. The zero-order valence-corrected chi connectivity index (χ0v) is 48.2. The first kappa shape index (κ1) is 50.0. The van der Waals surface area contributed by atoms with Crippen LogP contribution in [0.3, 0.4) is 0 Å². The predicted molar refractivity (Wildman–Crippen MR) is 365 cm³/mol. The number of rotatable bonds is 9. The highest BCUT2D eigenvalue weighted by Gasteiger charge is 2.52. The second-order valence-electron chi connectivity index (χ2n) is 23.8. The van der Waals surface area contributed by atoms with Gasteiger partial charge in [0.2, 0.25) is 0 Å². The topological polar surface area (TPSA) is 8.17 Å². The quantitative estimate of drug-likeness (QED) is 0.140. The molecule has 14 aromatic carbocycles. The Hall–Kier alpha value is -11.3. The summed E-state index contributed by atoms with van der Waals surface area (Å²) in [5.74, 6) is 0. The normalized spacial score (nSPS) is 13.4. The van der Waals surface area contributed by atoms with Gasteiger partial charge in [-0.2, -0.15) is 0 Å². The zero-order valence-electron chi connectivity index (χ0n) is 48.2. The molecule has 88 heavy (non-hydrogen) atoms. The van der Waals surface area contributed by atoms with Gasteiger partial charge >= 0.3 is 0 Å². The molecule has 18 rings (SSSR count). The summed E-state index contributed by atoms with van der Waals surface area (Å²) in [6.07, 6.45) is 0. The minimum atomic E-state index is -0.504. The van der Waals surface area contributed by atoms with Gasteiger partial charge in [0.1, 0.15) is 0 Å². The molecule has 410 valence electrons. The molecule has 0 radical (unpaired) electrons. The van der Waals surface area contributed by atoms with E-state index in [2.05, 4.69) is 349 Å². The maximum Gasteiger partial charge on any atom is 0.0726 e. The van der Waals surface area contributed by atoms with Gasteiger partial charge in [-0.3, -0.25) is 0 Å². The molecule has 1 aromatic heterocycles. The lowest BCUT2D eigenvalue weighted by atomic mass is 9.67. The van der Waals surface area contributed by atoms with Crippen LogP contribution >= 0.6 is 0 Å². The molecule has 3 aliphatic carbocycles. The van der Waals surface area contributed by atoms with E-state index in [-0.39, 0.29) is 0 Å². The van der Waals surface area contributed by atoms with E-state index < -0.39 is 10.8 Å². The van der Waals surface area contributed by atoms with Crippen LogP contribution in [0, 0.1) is 0 Å². The van der Waals surface area contributed by atoms with Crippen molar-refractivity contribution < 1.29 is 0 Å². The van der Waals surface area contributed by atoms with Gasteiger partial charge in [0.05, 0.1) is 21.9 Å². The van der Waals surface area contributed by atoms with Crippen molar-refractivity contribution in [3.05, 3.63) is 384 Å². The summed E-state index contributed by atoms with van der Waals surface area (Å²) in [6.45, 7) is 0. The van der Waals surface area contributed by atoms with Crippen molar-refractivity contribution in [2.75, 3.05) is 4.90 Å². The molecule has 0 unspecified atom stereocenters. The average molecular weight is 1120 g/mol. The van der Waals surface area contributed by atoms with E-state index in [4.69, 9.17) is 0 Å². The van der Waals surface area contributed by atoms with Crippen molar-refractivity contribution in [3.63, 3.8) is 0 Å². The lowest BCUT2D eigenvalue weighted by Crippen LogP contribution is -2.28. The van der Waals surface area contributed by atoms with Crippen molar-refractivity contribution in [3.8, 4) is 72.4 Å². The first-order chi connectivity index (χ1) is 43.6. The Kier molecular flexibility index (Phi) is 11.2. The Morgan fingerprint density at radius 1 is 0.216 bits per heavy atom. The van der Waals surface area contributed by atoms with E-state index >= 15 is 0 Å². The number of aromatic nitrogens is 1. The monoisotopic (exact) mass is 1120 g/mol. The Morgan fingerprint density at radius 3 is 1.22 bits per heavy atom. The summed E-state index contributed by atoms with van der Waals surface area (Å²) >= 11 is 0. The summed E-state index contributed by atoms with van der Waals surface area (Å²) in [5, 5.41) is 2.47. The van der Waals surface area contributed by atoms with Crippen LogP contribution < -0.4 is 4.90 Å². The van der Waals surface area contributed by atoms with Gasteiger partial charge < -0.3 is 9.47 Å². The van der Waals surface area contributed by atoms with Crippen LogP contribution in [0.1, 0.15) is 44.5 Å². The van der Waals surface area contributed by atoms with Gasteiger partial charge in [-0.25, -0.2) is 0 Å². The lowest BCUT2D eigenvalue weighted by molar-refractivity contribution is 0.767. The van der Waals surface area contributed by atoms with Gasteiger partial charge in [-0.1, -0.05) is 279 Å². The van der Waals surface area contributed by atoms with E-state index in [9.17, 15) is 0 Å². The second-order valence-corrected chi connectivity index (χ2v) is 23.8. The van der Waals surface area contributed by atoms with Crippen LogP contribution in [0.2, 0.25) is 0 Å². The molecule has 0 bridgehead atoms. The van der Waals surface area contributed by atoms with Crippen molar-refractivity contribution in [2.45, 2.75) is 10.8 Å². The first-order valence-electron chi connectivity index (χ1n) is 30.6. The molecule has 0 atom stereocenters. The number of benzene rings is 14. The highest BCUT2D eigenvalue weighted by molar-refractivity contribution is 6.10. The number of fused-ring (bicyclic) bond motifs is 16. The highest BCUT2D eigenvalue weighted by atomic mass is 15.1. The molecule has 0 fully saturated rings. The molecule has 3 aliphatic rings. The minimum absolute atomic E-state index is 0.463. The molecule has 0 aliphatic heterocycles. The maximum atomic E-state index is 2.49. The Bertz CT molecular complexity index is 5150. The summed E-state index contributed by atoms with van der Waals surface area (Å²) in [6, 6.07) is 127. The third kappa shape index (κ3) is 7.24. The van der Waals surface area contributed by atoms with Gasteiger partial charge in [-0.05, 0) is 172 Å². The molecule has 0 saturated heterocycles. The first-order valence-corrected chi connectivity index (χ1v) is 30.6. The summed E-state index contributed by atoms with van der Waals surface area (Å²) in [5.41, 5.74) is 31.0. The standard InChI is InChI=1S/C86H56N2/c1-4-21-57(22-5-1)58-43-46-65(47-44-58)87(67-48-51-74-72-32-13-18-37-80(72)86(82(74)55-67)78-35-16-11-29-69(78)70-30-12-17-36-79(70)86)66-28-20-23-61(53-66)59-39-41-60(42-40-59)62-45-50-76-75-33-14-19-38-83(75)88(84(76)54-62)68-49-52-73-71-31-10-15-34-77(71)85(81(73)56-68,63-24-6-2-7-25-63)64-26-8-3-9-27-64/h1-56H. The summed E-state index contributed by atoms with van der Waals surface area (Å²) in [4.78, 5) is 2.45. The van der Waals surface area contributed by atoms with Crippen LogP contribution in [0.25, 0.3) is 94.3 Å². The molecule has 1 heterocycles. The minimum Gasteiger partial charge on any atom is -0.310 e. The Labute approximate surface area is 512 Å². The third-order valence-electron chi connectivity index (χ3n) is 19.5. The van der Waals surface area contributed by atoms with Gasteiger partial charge in [0.25, 0.3) is 0 Å². The lowest BCUT2D eigenvalue weighted by Gasteiger charge is -2.34. The number of hydrogen-bond acceptors (Lipinski definition) is 1. The van der Waals surface area contributed by atoms with Gasteiger partial charge in [0.15, 0.2) is 0 Å². The Morgan fingerprint density at radius 2 is 0.614 bits per heavy atom. The van der Waals surface area contributed by atoms with Crippen molar-refractivity contribution >= 4 is 38.9 Å². The van der Waals surface area contributed by atoms with Crippen molar-refractivity contribution in [2.24, 2.45) is 0 Å². The fraction of sp³-hybridized carbons (Fsp3) is 0.0233. The van der Waals surface area contributed by atoms with E-state index in [1.165, 1.54) is 122 Å². The predicted octanol–water partition coefficient (Wildman–Crippen LogP) is 22.0. The van der Waals surface area contributed by atoms with Crippen LogP contribution in [-0.4, -0.2) is 4.57 Å². The van der Waals surface area contributed by atoms with Crippen LogP contribution in [0.15, 0.2) is 340 Å². The van der Waals surface area contributed by atoms with Gasteiger partial charge in [0, 0.05) is 33.5 Å². The largest absolute Gasteiger partial charge is 0.310 e. The molecule has 0 saturated carbocycles. The zero-order chi connectivity index (χ0) is 57.9. The second kappa shape index (κ2) is 19.6. The third-order valence-corrected chi connectivity index (χ3v) is 19.5. The van der Waals surface area contributed by atoms with Crippen LogP contribution in [0.4, 0.5) is 17.1 Å². The van der Waals surface area contributed by atoms with E-state index in [1.807, 2.05) is 0 Å². The number of para-hydroxylation sites is 1. The Balaban J connectivity index is 0.744. The van der Waals surface area contributed by atoms with Crippen molar-refractivity contribution in [1.82, 2.24) is 4.57 Å². The number of anilines is 3. The molecular formula is C86H56N2. The van der Waals surface area contributed by atoms with E-state index in [0.29, 0.717) is 0 Å². The SMILES string of the molecule is c1ccc(-c2ccc(N(c3cccc(-c4ccc(-c5ccc6c7ccccc7n(-c7ccc8c(c7)C(c7ccccc7)(c7ccccc7)c7ccccc7-8)c6c5)cc4)c3)c3ccc4c(c3)C3(c5ccccc5-c5ccccc53)c3ccccc3-4)cc2)cc1. The fourth-order valence-electron chi connectivity index (χ4n) is 15.8. The molecular weight excluding hydrogens is 1060 g/mol. The maximum absolute atomic E-state index is 2.49. The molecule has 2 nitrogen and oxygen atoms in total. The highest BCUT2D eigenvalue weighted by Crippen LogP contribution is 2.64. The summed E-state index contributed by atoms with van der Waals surface area (Å²) < 4.78 is 2.49.